The molecule has 0 nitrogen and oxygen atoms in total. The molecule has 0 aliphatic heterocycles. The monoisotopic (exact) mass is 684 g/mol. The fraction of sp³-hybridized carbons (Fsp3) is 0.0732. The van der Waals surface area contributed by atoms with Crippen molar-refractivity contribution in [2.24, 2.45) is 0 Å². The molecule has 0 bridgehead atoms. The van der Waals surface area contributed by atoms with Crippen LogP contribution in [0.4, 0.5) is 0 Å². The number of benzene rings is 6. The van der Waals surface area contributed by atoms with E-state index in [1.807, 2.05) is 12.2 Å². The van der Waals surface area contributed by atoms with Crippen molar-refractivity contribution in [3.63, 3.8) is 0 Å². The Kier molecular flexibility index (Phi) is 12.6. The predicted octanol–water partition coefficient (Wildman–Crippen LogP) is 4.52. The van der Waals surface area contributed by atoms with Gasteiger partial charge in [0, 0.05) is 0 Å². The van der Waals surface area contributed by atoms with Crippen molar-refractivity contribution in [2.45, 2.75) is 19.3 Å². The largest absolute Gasteiger partial charge is 0.126 e. The van der Waals surface area contributed by atoms with Gasteiger partial charge in [0.25, 0.3) is 0 Å². The summed E-state index contributed by atoms with van der Waals surface area (Å²) in [6.07, 6.45) is 12.2. The van der Waals surface area contributed by atoms with Crippen LogP contribution in [0.2, 0.25) is 0 Å². The van der Waals surface area contributed by atoms with Crippen molar-refractivity contribution in [3.8, 4) is 0 Å². The summed E-state index contributed by atoms with van der Waals surface area (Å²) < 4.78 is 1.60. The zero-order valence-electron chi connectivity index (χ0n) is 24.4. The number of hydrogen-bond donors (Lipinski definition) is 0. The Morgan fingerprint density at radius 3 is 1.57 bits per heavy atom. The van der Waals surface area contributed by atoms with Gasteiger partial charge < -0.3 is 24.8 Å². The van der Waals surface area contributed by atoms with E-state index >= 15 is 0 Å². The van der Waals surface area contributed by atoms with Gasteiger partial charge in [-0.2, -0.15) is 6.08 Å². The van der Waals surface area contributed by atoms with Gasteiger partial charge in [-0.3, -0.25) is 6.08 Å². The number of hydrogen-bond acceptors (Lipinski definition) is 0. The number of fused-ring (bicyclic) bond motifs is 8. The van der Waals surface area contributed by atoms with Crippen molar-refractivity contribution in [3.05, 3.63) is 175 Å². The minimum absolute atomic E-state index is 0. The van der Waals surface area contributed by atoms with Gasteiger partial charge in [0.1, 0.15) is 0 Å². The quantitative estimate of drug-likeness (QED) is 0.189. The summed E-state index contributed by atoms with van der Waals surface area (Å²) in [5, 5.41) is 10.8. The second-order valence-electron chi connectivity index (χ2n) is 10.5. The molecule has 3 heteroatoms. The smallest absolute Gasteiger partial charge is 0.0255 e. The van der Waals surface area contributed by atoms with E-state index in [1.165, 1.54) is 54.2 Å². The van der Waals surface area contributed by atoms with Crippen LogP contribution in [0, 0.1) is 6.08 Å². The van der Waals surface area contributed by atoms with Crippen LogP contribution < -0.4 is 24.8 Å². The summed E-state index contributed by atoms with van der Waals surface area (Å²) in [4.78, 5) is 0. The summed E-state index contributed by atoms with van der Waals surface area (Å²) in [5.74, 6) is 0. The van der Waals surface area contributed by atoms with Crippen molar-refractivity contribution in [1.82, 2.24) is 0 Å². The molecule has 1 aliphatic rings. The van der Waals surface area contributed by atoms with Crippen LogP contribution in [0.1, 0.15) is 17.5 Å². The molecule has 8 rings (SSSR count). The fourth-order valence-electron chi connectivity index (χ4n) is 5.70. The fourth-order valence-corrected chi connectivity index (χ4v) is 6.71. The normalized spacial score (nSPS) is 11.3. The van der Waals surface area contributed by atoms with Crippen LogP contribution in [0.5, 0.6) is 0 Å². The van der Waals surface area contributed by atoms with Gasteiger partial charge in [-0.25, -0.2) is 12.2 Å². The minimum Gasteiger partial charge on any atom is -0.126 e. The molecule has 216 valence electrons. The Hall–Kier alpha value is -3.48. The molecule has 0 radical (unpaired) electrons. The molecule has 0 fully saturated rings. The molecule has 0 N–H and O–H groups in total. The maximum Gasteiger partial charge on any atom is -0.0255 e. The molecule has 1 aliphatic carbocycles. The maximum atomic E-state index is 2.99. The zero-order valence-corrected chi connectivity index (χ0v) is 28.4. The van der Waals surface area contributed by atoms with E-state index in [-0.39, 0.29) is 24.8 Å². The third-order valence-electron chi connectivity index (χ3n) is 7.61. The van der Waals surface area contributed by atoms with Crippen molar-refractivity contribution in [2.75, 3.05) is 0 Å². The van der Waals surface area contributed by atoms with Crippen LogP contribution in [0.3, 0.4) is 0 Å². The van der Waals surface area contributed by atoms with Gasteiger partial charge >= 0.3 is 112 Å². The van der Waals surface area contributed by atoms with Crippen LogP contribution in [0.25, 0.3) is 43.1 Å². The average Bonchev–Trinajstić information content (AvgIpc) is 3.75. The Morgan fingerprint density at radius 2 is 1.05 bits per heavy atom. The Balaban J connectivity index is 0.000000171. The molecule has 44 heavy (non-hydrogen) atoms. The van der Waals surface area contributed by atoms with Crippen LogP contribution in [-0.4, -0.2) is 3.21 Å². The molecule has 0 saturated heterocycles. The van der Waals surface area contributed by atoms with Crippen molar-refractivity contribution < 1.29 is 49.0 Å². The maximum absolute atomic E-state index is 2.99. The summed E-state index contributed by atoms with van der Waals surface area (Å²) in [7, 11) is 0. The van der Waals surface area contributed by atoms with Gasteiger partial charge in [-0.05, 0) is 10.8 Å². The van der Waals surface area contributed by atoms with Crippen LogP contribution >= 0.6 is 0 Å². The zero-order chi connectivity index (χ0) is 28.6. The van der Waals surface area contributed by atoms with Gasteiger partial charge in [0.05, 0.1) is 0 Å². The summed E-state index contributed by atoms with van der Waals surface area (Å²) in [6, 6.07) is 49.9. The molecule has 0 atom stereocenters. The van der Waals surface area contributed by atoms with Crippen molar-refractivity contribution >= 4 is 46.3 Å². The Labute approximate surface area is 287 Å². The van der Waals surface area contributed by atoms with Gasteiger partial charge in [0.15, 0.2) is 0 Å². The number of halogens is 2. The molecule has 0 spiro atoms. The van der Waals surface area contributed by atoms with Crippen LogP contribution in [-0.2, 0) is 37.1 Å². The SMILES string of the molecule is [C-]1=CC=CC1.[Cl-].[Cl-].[Zr+2]=[C](Cc1ccccc1)Cc1ccccc1.c1ccc2c(c1)[cH-]c1c3ccccc3c3ccccc3c21. The number of allylic oxidation sites excluding steroid dienone is 4. The topological polar surface area (TPSA) is 0 Å². The molecule has 0 aromatic heterocycles. The van der Waals surface area contributed by atoms with E-state index in [2.05, 4.69) is 152 Å². The summed E-state index contributed by atoms with van der Waals surface area (Å²) in [6.45, 7) is 0. The molecular formula is C41H32Cl2Zr-2. The van der Waals surface area contributed by atoms with Gasteiger partial charge in [-0.15, -0.1) is 40.1 Å². The first-order valence-corrected chi connectivity index (χ1v) is 15.7. The third-order valence-corrected chi connectivity index (χ3v) is 8.48. The van der Waals surface area contributed by atoms with Gasteiger partial charge in [-0.1, -0.05) is 77.5 Å². The first kappa shape index (κ1) is 33.4. The Morgan fingerprint density at radius 1 is 0.568 bits per heavy atom. The molecule has 0 saturated carbocycles. The summed E-state index contributed by atoms with van der Waals surface area (Å²) >= 11 is 1.55. The average molecular weight is 687 g/mol. The molecular weight excluding hydrogens is 655 g/mol. The van der Waals surface area contributed by atoms with Crippen molar-refractivity contribution in [1.29, 1.82) is 0 Å². The number of rotatable bonds is 4. The van der Waals surface area contributed by atoms with E-state index < -0.39 is 0 Å². The first-order valence-electron chi connectivity index (χ1n) is 14.5. The van der Waals surface area contributed by atoms with Crippen LogP contribution in [0.15, 0.2) is 158 Å². The second kappa shape index (κ2) is 16.6. The van der Waals surface area contributed by atoms with E-state index in [4.69, 9.17) is 0 Å². The molecule has 0 heterocycles. The predicted molar refractivity (Wildman–Crippen MR) is 179 cm³/mol. The molecule has 7 aromatic rings. The Bertz CT molecular complexity index is 1970. The molecule has 7 aromatic carbocycles. The third kappa shape index (κ3) is 7.96. The molecule has 0 unspecified atom stereocenters. The van der Waals surface area contributed by atoms with Gasteiger partial charge in [0.2, 0.25) is 0 Å². The van der Waals surface area contributed by atoms with E-state index in [9.17, 15) is 0 Å². The second-order valence-corrected chi connectivity index (χ2v) is 12.3. The first-order chi connectivity index (χ1) is 20.8. The summed E-state index contributed by atoms with van der Waals surface area (Å²) in [5.41, 5.74) is 2.84. The van der Waals surface area contributed by atoms with E-state index in [0.717, 1.165) is 19.3 Å². The van der Waals surface area contributed by atoms with E-state index in [0.29, 0.717) is 0 Å². The minimum atomic E-state index is 0. The molecule has 0 amide bonds. The standard InChI is InChI=1S/C21H13.C15H14.C5H5.2ClH.Zr/c1-2-8-15-14(7-1)13-20-18-11-4-3-9-16(18)17-10-5-6-12-19(17)21(15)20;1-3-8-14(9-4-1)12-7-13-15-10-5-2-6-11-15;1-2-4-5-3-1;;;/h1-13H;1-6,8-11H,12-13H2;1-3H,4H2;2*1H;/q-1;;-1;;;+2/p-2. The van der Waals surface area contributed by atoms with E-state index in [1.54, 1.807) is 27.4 Å².